The Morgan fingerprint density at radius 2 is 2.19 bits per heavy atom. The predicted molar refractivity (Wildman–Crippen MR) is 60.3 cm³/mol. The molecule has 0 aliphatic carbocycles. The number of urea groups is 1. The average Bonchev–Trinajstić information content (AvgIpc) is 2.73. The molecule has 0 bridgehead atoms. The van der Waals surface area contributed by atoms with Gasteiger partial charge in [0, 0.05) is 13.1 Å². The van der Waals surface area contributed by atoms with Crippen LogP contribution in [0.4, 0.5) is 4.79 Å². The number of carboxylic acids is 1. The van der Waals surface area contributed by atoms with E-state index in [4.69, 9.17) is 5.11 Å². The molecule has 0 aromatic heterocycles. The van der Waals surface area contributed by atoms with Crippen molar-refractivity contribution in [1.82, 2.24) is 10.2 Å². The van der Waals surface area contributed by atoms with Crippen LogP contribution in [0, 0.1) is 0 Å². The Labute approximate surface area is 95.8 Å². The molecule has 0 unspecified atom stereocenters. The minimum Gasteiger partial charge on any atom is -0.480 e. The van der Waals surface area contributed by atoms with Gasteiger partial charge in [0.15, 0.2) is 0 Å². The molecule has 2 amide bonds. The van der Waals surface area contributed by atoms with Gasteiger partial charge in [-0.2, -0.15) is 0 Å². The Kier molecular flexibility index (Phi) is 5.08. The average molecular weight is 228 g/mol. The first-order valence-corrected chi connectivity index (χ1v) is 5.94. The summed E-state index contributed by atoms with van der Waals surface area (Å²) in [5, 5.41) is 11.7. The highest BCUT2D eigenvalue weighted by molar-refractivity contribution is 5.83. The SMILES string of the molecule is CCCCCNC(=O)N1CCC[C@@H]1C(=O)O. The number of unbranched alkanes of at least 4 members (excludes halogenated alkanes) is 2. The Hall–Kier alpha value is -1.26. The quantitative estimate of drug-likeness (QED) is 0.699. The van der Waals surface area contributed by atoms with Gasteiger partial charge in [0.1, 0.15) is 6.04 Å². The molecule has 1 aliphatic heterocycles. The molecule has 0 radical (unpaired) electrons. The Morgan fingerprint density at radius 1 is 1.44 bits per heavy atom. The molecular formula is C11H20N2O3. The second-order valence-electron chi connectivity index (χ2n) is 4.13. The number of rotatable bonds is 5. The highest BCUT2D eigenvalue weighted by Gasteiger charge is 2.33. The van der Waals surface area contributed by atoms with Gasteiger partial charge in [0.25, 0.3) is 0 Å². The summed E-state index contributed by atoms with van der Waals surface area (Å²) in [6, 6.07) is -0.868. The maximum Gasteiger partial charge on any atom is 0.326 e. The zero-order valence-electron chi connectivity index (χ0n) is 9.74. The van der Waals surface area contributed by atoms with Crippen molar-refractivity contribution < 1.29 is 14.7 Å². The highest BCUT2D eigenvalue weighted by atomic mass is 16.4. The molecule has 1 atom stereocenters. The lowest BCUT2D eigenvalue weighted by molar-refractivity contribution is -0.141. The van der Waals surface area contributed by atoms with Crippen LogP contribution in [0.3, 0.4) is 0 Å². The zero-order valence-corrected chi connectivity index (χ0v) is 9.74. The summed E-state index contributed by atoms with van der Waals surface area (Å²) < 4.78 is 0. The number of nitrogens with zero attached hydrogens (tertiary/aromatic N) is 1. The van der Waals surface area contributed by atoms with Gasteiger partial charge in [-0.1, -0.05) is 19.8 Å². The maximum absolute atomic E-state index is 11.7. The van der Waals surface area contributed by atoms with Crippen molar-refractivity contribution in [2.45, 2.75) is 45.1 Å². The first kappa shape index (κ1) is 12.8. The third-order valence-corrected chi connectivity index (χ3v) is 2.86. The van der Waals surface area contributed by atoms with Gasteiger partial charge in [-0.05, 0) is 19.3 Å². The first-order chi connectivity index (χ1) is 7.66. The van der Waals surface area contributed by atoms with Gasteiger partial charge in [-0.15, -0.1) is 0 Å². The summed E-state index contributed by atoms with van der Waals surface area (Å²) >= 11 is 0. The number of hydrogen-bond acceptors (Lipinski definition) is 2. The van der Waals surface area contributed by atoms with E-state index in [1.54, 1.807) is 0 Å². The Balaban J connectivity index is 2.32. The van der Waals surface area contributed by atoms with E-state index in [-0.39, 0.29) is 6.03 Å². The molecule has 0 aromatic rings. The largest absolute Gasteiger partial charge is 0.480 e. The Bertz CT molecular complexity index is 256. The summed E-state index contributed by atoms with van der Waals surface area (Å²) in [6.45, 7) is 3.29. The van der Waals surface area contributed by atoms with Crippen molar-refractivity contribution in [3.05, 3.63) is 0 Å². The van der Waals surface area contributed by atoms with E-state index in [2.05, 4.69) is 12.2 Å². The van der Waals surface area contributed by atoms with Gasteiger partial charge in [0.2, 0.25) is 0 Å². The predicted octanol–water partition coefficient (Wildman–Crippen LogP) is 1.44. The summed E-state index contributed by atoms with van der Waals surface area (Å²) in [7, 11) is 0. The second-order valence-corrected chi connectivity index (χ2v) is 4.13. The van der Waals surface area contributed by atoms with Crippen LogP contribution in [0.25, 0.3) is 0 Å². The molecule has 0 saturated carbocycles. The number of likely N-dealkylation sites (tertiary alicyclic amines) is 1. The number of amides is 2. The number of hydrogen-bond donors (Lipinski definition) is 2. The lowest BCUT2D eigenvalue weighted by atomic mass is 10.2. The molecular weight excluding hydrogens is 208 g/mol. The minimum absolute atomic E-state index is 0.235. The smallest absolute Gasteiger partial charge is 0.326 e. The number of carbonyl (C=O) groups is 2. The van der Waals surface area contributed by atoms with Crippen molar-refractivity contribution >= 4 is 12.0 Å². The van der Waals surface area contributed by atoms with Crippen LogP contribution in [-0.2, 0) is 4.79 Å². The van der Waals surface area contributed by atoms with Crippen LogP contribution in [0.15, 0.2) is 0 Å². The van der Waals surface area contributed by atoms with Crippen molar-refractivity contribution in [3.63, 3.8) is 0 Å². The normalized spacial score (nSPS) is 19.8. The second kappa shape index (κ2) is 6.35. The standard InChI is InChI=1S/C11H20N2O3/c1-2-3-4-7-12-11(16)13-8-5-6-9(13)10(14)15/h9H,2-8H2,1H3,(H,12,16)(H,14,15)/t9-/m1/s1. The van der Waals surface area contributed by atoms with E-state index in [1.807, 2.05) is 0 Å². The minimum atomic E-state index is -0.902. The molecule has 1 fully saturated rings. The van der Waals surface area contributed by atoms with Gasteiger partial charge in [-0.25, -0.2) is 9.59 Å². The van der Waals surface area contributed by atoms with Gasteiger partial charge < -0.3 is 15.3 Å². The van der Waals surface area contributed by atoms with Crippen LogP contribution in [0.2, 0.25) is 0 Å². The molecule has 1 saturated heterocycles. The molecule has 1 aliphatic rings. The van der Waals surface area contributed by atoms with Crippen molar-refractivity contribution in [1.29, 1.82) is 0 Å². The fourth-order valence-electron chi connectivity index (χ4n) is 1.94. The van der Waals surface area contributed by atoms with Crippen LogP contribution < -0.4 is 5.32 Å². The zero-order chi connectivity index (χ0) is 12.0. The Morgan fingerprint density at radius 3 is 2.81 bits per heavy atom. The van der Waals surface area contributed by atoms with Crippen LogP contribution in [0.1, 0.15) is 39.0 Å². The molecule has 0 spiro atoms. The summed E-state index contributed by atoms with van der Waals surface area (Å²) in [5.41, 5.74) is 0. The van der Waals surface area contributed by atoms with E-state index in [0.717, 1.165) is 25.7 Å². The molecule has 2 N–H and O–H groups in total. The van der Waals surface area contributed by atoms with Gasteiger partial charge in [-0.3, -0.25) is 0 Å². The first-order valence-electron chi connectivity index (χ1n) is 5.94. The summed E-state index contributed by atoms with van der Waals surface area (Å²) in [6.07, 6.45) is 4.49. The van der Waals surface area contributed by atoms with E-state index >= 15 is 0 Å². The molecule has 5 heteroatoms. The third-order valence-electron chi connectivity index (χ3n) is 2.86. The molecule has 0 aromatic carbocycles. The monoisotopic (exact) mass is 228 g/mol. The number of carboxylic acid groups (broad SMARTS) is 1. The van der Waals surface area contributed by atoms with E-state index in [1.165, 1.54) is 4.90 Å². The molecule has 16 heavy (non-hydrogen) atoms. The molecule has 1 rings (SSSR count). The topological polar surface area (TPSA) is 69.6 Å². The van der Waals surface area contributed by atoms with Crippen LogP contribution in [-0.4, -0.2) is 41.1 Å². The van der Waals surface area contributed by atoms with E-state index in [9.17, 15) is 9.59 Å². The fraction of sp³-hybridized carbons (Fsp3) is 0.818. The van der Waals surface area contributed by atoms with Crippen molar-refractivity contribution in [2.24, 2.45) is 0 Å². The van der Waals surface area contributed by atoms with Crippen LogP contribution >= 0.6 is 0 Å². The fourth-order valence-corrected chi connectivity index (χ4v) is 1.94. The third kappa shape index (κ3) is 3.40. The number of carbonyl (C=O) groups excluding carboxylic acids is 1. The van der Waals surface area contributed by atoms with Crippen molar-refractivity contribution in [3.8, 4) is 0 Å². The molecule has 1 heterocycles. The number of aliphatic carboxylic acids is 1. The van der Waals surface area contributed by atoms with E-state index < -0.39 is 12.0 Å². The van der Waals surface area contributed by atoms with Crippen molar-refractivity contribution in [2.75, 3.05) is 13.1 Å². The van der Waals surface area contributed by atoms with Gasteiger partial charge >= 0.3 is 12.0 Å². The molecule has 5 nitrogen and oxygen atoms in total. The lowest BCUT2D eigenvalue weighted by Crippen LogP contribution is -2.46. The van der Waals surface area contributed by atoms with Crippen LogP contribution in [0.5, 0.6) is 0 Å². The summed E-state index contributed by atoms with van der Waals surface area (Å²) in [5.74, 6) is -0.902. The highest BCUT2D eigenvalue weighted by Crippen LogP contribution is 2.17. The number of nitrogens with one attached hydrogen (secondary N) is 1. The van der Waals surface area contributed by atoms with E-state index in [0.29, 0.717) is 19.5 Å². The maximum atomic E-state index is 11.7. The lowest BCUT2D eigenvalue weighted by Gasteiger charge is -2.21. The molecule has 92 valence electrons. The van der Waals surface area contributed by atoms with Gasteiger partial charge in [0.05, 0.1) is 0 Å². The summed E-state index contributed by atoms with van der Waals surface area (Å²) in [4.78, 5) is 24.0.